The number of ketones is 1. The number of carbonyl (C=O) groups excluding carboxylic acids is 1. The normalized spacial score (nSPS) is 28.8. The highest BCUT2D eigenvalue weighted by Crippen LogP contribution is 2.49. The van der Waals surface area contributed by atoms with Crippen LogP contribution < -0.4 is 4.74 Å². The molecule has 0 heterocycles. The van der Waals surface area contributed by atoms with Crippen LogP contribution in [0.15, 0.2) is 30.3 Å². The molecule has 2 aliphatic rings. The fourth-order valence-corrected chi connectivity index (χ4v) is 4.74. The largest absolute Gasteiger partial charge is 0.494 e. The van der Waals surface area contributed by atoms with Crippen LogP contribution in [0, 0.1) is 17.8 Å². The summed E-state index contributed by atoms with van der Waals surface area (Å²) in [5, 5.41) is 19.1. The summed E-state index contributed by atoms with van der Waals surface area (Å²) in [5.41, 5.74) is 0. The Bertz CT molecular complexity index is 646. The van der Waals surface area contributed by atoms with E-state index < -0.39 is 12.1 Å². The number of rotatable bonds is 11. The van der Waals surface area contributed by atoms with Crippen LogP contribution in [0.3, 0.4) is 0 Å². The van der Waals surface area contributed by atoms with Gasteiger partial charge in [-0.2, -0.15) is 0 Å². The van der Waals surface area contributed by atoms with Gasteiger partial charge in [0.2, 0.25) is 0 Å². The molecule has 0 aromatic heterocycles. The molecule has 0 amide bonds. The van der Waals surface area contributed by atoms with Gasteiger partial charge in [0.1, 0.15) is 11.5 Å². The lowest BCUT2D eigenvalue weighted by atomic mass is 9.86. The van der Waals surface area contributed by atoms with Gasteiger partial charge in [-0.1, -0.05) is 18.2 Å². The Balaban J connectivity index is 1.40. The highest BCUT2D eigenvalue weighted by atomic mass is 16.5. The summed E-state index contributed by atoms with van der Waals surface area (Å²) >= 11 is 0. The zero-order chi connectivity index (χ0) is 19.9. The Kier molecular flexibility index (Phi) is 7.45. The summed E-state index contributed by atoms with van der Waals surface area (Å²) < 4.78 is 11.5. The van der Waals surface area contributed by atoms with E-state index in [1.807, 2.05) is 30.3 Å². The van der Waals surface area contributed by atoms with E-state index in [1.54, 1.807) is 0 Å². The lowest BCUT2D eigenvalue weighted by molar-refractivity contribution is -0.137. The van der Waals surface area contributed by atoms with Crippen LogP contribution in [0.25, 0.3) is 0 Å². The predicted molar refractivity (Wildman–Crippen MR) is 103 cm³/mol. The van der Waals surface area contributed by atoms with Crippen LogP contribution in [0.2, 0.25) is 0 Å². The Labute approximate surface area is 165 Å². The van der Waals surface area contributed by atoms with E-state index >= 15 is 0 Å². The summed E-state index contributed by atoms with van der Waals surface area (Å²) in [6, 6.07) is 9.54. The Morgan fingerprint density at radius 3 is 2.50 bits per heavy atom. The zero-order valence-electron chi connectivity index (χ0n) is 16.2. The number of fused-ring (bicyclic) bond motifs is 1. The Hall–Kier alpha value is -1.92. The average Bonchev–Trinajstić information content (AvgIpc) is 3.18. The highest BCUT2D eigenvalue weighted by molar-refractivity contribution is 5.82. The van der Waals surface area contributed by atoms with E-state index in [0.29, 0.717) is 44.8 Å². The maximum atomic E-state index is 12.7. The van der Waals surface area contributed by atoms with E-state index in [2.05, 4.69) is 0 Å². The van der Waals surface area contributed by atoms with Crippen molar-refractivity contribution >= 4 is 11.8 Å². The molecule has 2 N–H and O–H groups in total. The van der Waals surface area contributed by atoms with Crippen molar-refractivity contribution in [1.29, 1.82) is 0 Å². The smallest absolute Gasteiger partial charge is 0.303 e. The van der Waals surface area contributed by atoms with Gasteiger partial charge in [0, 0.05) is 25.4 Å². The summed E-state index contributed by atoms with van der Waals surface area (Å²) in [6.45, 7) is 0.927. The van der Waals surface area contributed by atoms with Gasteiger partial charge in [-0.3, -0.25) is 9.59 Å². The molecule has 0 spiro atoms. The highest BCUT2D eigenvalue weighted by Gasteiger charge is 2.50. The Morgan fingerprint density at radius 2 is 1.75 bits per heavy atom. The maximum Gasteiger partial charge on any atom is 0.303 e. The number of aliphatic hydroxyl groups excluding tert-OH is 1. The molecule has 2 saturated carbocycles. The number of carboxylic acids is 1. The molecule has 154 valence electrons. The van der Waals surface area contributed by atoms with Crippen molar-refractivity contribution < 1.29 is 29.3 Å². The summed E-state index contributed by atoms with van der Waals surface area (Å²) in [5.74, 6) is 0.333. The van der Waals surface area contributed by atoms with Crippen molar-refractivity contribution in [1.82, 2.24) is 0 Å². The van der Waals surface area contributed by atoms with Crippen molar-refractivity contribution in [2.45, 2.75) is 57.2 Å². The van der Waals surface area contributed by atoms with Gasteiger partial charge in [-0.15, -0.1) is 0 Å². The van der Waals surface area contributed by atoms with E-state index in [0.717, 1.165) is 18.6 Å². The van der Waals surface area contributed by atoms with E-state index in [4.69, 9.17) is 14.6 Å². The number of hydrogen-bond acceptors (Lipinski definition) is 5. The summed E-state index contributed by atoms with van der Waals surface area (Å²) in [4.78, 5) is 23.3. The second kappa shape index (κ2) is 10.0. The third kappa shape index (κ3) is 5.55. The second-order valence-electron chi connectivity index (χ2n) is 7.95. The first kappa shape index (κ1) is 20.8. The lowest BCUT2D eigenvalue weighted by Gasteiger charge is -2.21. The van der Waals surface area contributed by atoms with Gasteiger partial charge >= 0.3 is 5.97 Å². The van der Waals surface area contributed by atoms with E-state index in [-0.39, 0.29) is 30.1 Å². The number of benzene rings is 1. The van der Waals surface area contributed by atoms with Crippen molar-refractivity contribution in [3.63, 3.8) is 0 Å². The first-order valence-corrected chi connectivity index (χ1v) is 10.3. The van der Waals surface area contributed by atoms with Crippen molar-refractivity contribution in [3.05, 3.63) is 30.3 Å². The molecule has 1 aromatic carbocycles. The van der Waals surface area contributed by atoms with Gasteiger partial charge in [0.25, 0.3) is 0 Å². The molecule has 6 nitrogen and oxygen atoms in total. The molecular formula is C22H30O6. The number of Topliss-reactive ketones (excluding diaryl/α,β-unsaturated/α-hetero) is 1. The maximum absolute atomic E-state index is 12.7. The molecule has 6 heteroatoms. The number of ether oxygens (including phenoxy) is 2. The van der Waals surface area contributed by atoms with Gasteiger partial charge in [-0.05, 0) is 56.1 Å². The molecule has 5 atom stereocenters. The monoisotopic (exact) mass is 390 g/mol. The molecule has 0 saturated heterocycles. The van der Waals surface area contributed by atoms with Gasteiger partial charge in [0.15, 0.2) is 0 Å². The van der Waals surface area contributed by atoms with Crippen LogP contribution in [0.5, 0.6) is 5.75 Å². The van der Waals surface area contributed by atoms with Gasteiger partial charge < -0.3 is 19.7 Å². The van der Waals surface area contributed by atoms with Crippen LogP contribution in [0.1, 0.15) is 44.9 Å². The predicted octanol–water partition coefficient (Wildman–Crippen LogP) is 3.07. The molecule has 3 rings (SSSR count). The van der Waals surface area contributed by atoms with Gasteiger partial charge in [-0.25, -0.2) is 0 Å². The molecule has 2 fully saturated rings. The second-order valence-corrected chi connectivity index (χ2v) is 7.95. The summed E-state index contributed by atoms with van der Waals surface area (Å²) in [6.07, 6.45) is 3.51. The van der Waals surface area contributed by atoms with Crippen LogP contribution in [0.4, 0.5) is 0 Å². The van der Waals surface area contributed by atoms with Crippen molar-refractivity contribution in [2.75, 3.05) is 13.2 Å². The fourth-order valence-electron chi connectivity index (χ4n) is 4.74. The quantitative estimate of drug-likeness (QED) is 0.564. The summed E-state index contributed by atoms with van der Waals surface area (Å²) in [7, 11) is 0. The average molecular weight is 390 g/mol. The number of hydrogen-bond donors (Lipinski definition) is 2. The zero-order valence-corrected chi connectivity index (χ0v) is 16.2. The third-order valence-electron chi connectivity index (χ3n) is 5.97. The molecule has 0 unspecified atom stereocenters. The minimum absolute atomic E-state index is 0.0769. The van der Waals surface area contributed by atoms with Crippen molar-refractivity contribution in [3.8, 4) is 5.75 Å². The van der Waals surface area contributed by atoms with E-state index in [1.165, 1.54) is 0 Å². The topological polar surface area (TPSA) is 93.1 Å². The minimum atomic E-state index is -0.808. The van der Waals surface area contributed by atoms with Crippen LogP contribution in [-0.4, -0.2) is 47.4 Å². The molecular weight excluding hydrogens is 360 g/mol. The minimum Gasteiger partial charge on any atom is -0.494 e. The standard InChI is InChI=1S/C22H30O6/c23-19(8-4-10-27-16-6-2-1-3-7-16)22-18-14-17(12-15(18)13-20(22)24)28-11-5-9-21(25)26/h1-3,6-7,15,17-18,20,22,24H,4-5,8-14H2,(H,25,26)/t15-,17+,18-,20-,22+/m1/s1. The number of para-hydroxylation sites is 1. The lowest BCUT2D eigenvalue weighted by Crippen LogP contribution is -2.29. The van der Waals surface area contributed by atoms with Gasteiger partial charge in [0.05, 0.1) is 18.8 Å². The van der Waals surface area contributed by atoms with Crippen molar-refractivity contribution in [2.24, 2.45) is 17.8 Å². The first-order valence-electron chi connectivity index (χ1n) is 10.3. The molecule has 28 heavy (non-hydrogen) atoms. The fraction of sp³-hybridized carbons (Fsp3) is 0.636. The van der Waals surface area contributed by atoms with Crippen LogP contribution >= 0.6 is 0 Å². The van der Waals surface area contributed by atoms with Crippen LogP contribution in [-0.2, 0) is 14.3 Å². The molecule has 0 aliphatic heterocycles. The number of aliphatic hydroxyl groups is 1. The number of aliphatic carboxylic acids is 1. The first-order chi connectivity index (χ1) is 13.5. The van der Waals surface area contributed by atoms with E-state index in [9.17, 15) is 14.7 Å². The molecule has 1 aromatic rings. The molecule has 2 aliphatic carbocycles. The third-order valence-corrected chi connectivity index (χ3v) is 5.97. The molecule has 0 radical (unpaired) electrons. The number of carboxylic acid groups (broad SMARTS) is 1. The SMILES string of the molecule is O=C(O)CCCO[C@H]1C[C@@H]2C[C@@H](O)[C@H](C(=O)CCCOc3ccccc3)[C@@H]2C1. The molecule has 0 bridgehead atoms. The Morgan fingerprint density at radius 1 is 1.00 bits per heavy atom. The number of carbonyl (C=O) groups is 2.